The number of aromatic nitrogens is 1. The lowest BCUT2D eigenvalue weighted by atomic mass is 10.0. The molecule has 12 heteroatoms. The zero-order valence-electron chi connectivity index (χ0n) is 19.2. The maximum Gasteiger partial charge on any atom is 0.416 e. The van der Waals surface area contributed by atoms with Gasteiger partial charge in [-0.2, -0.15) is 13.2 Å². The molecule has 1 unspecified atom stereocenters. The molecular formula is C25H18Cl2F3NO5S. The zero-order chi connectivity index (χ0) is 27.3. The molecule has 194 valence electrons. The van der Waals surface area contributed by atoms with Gasteiger partial charge in [0.1, 0.15) is 6.10 Å². The Morgan fingerprint density at radius 2 is 1.70 bits per heavy atom. The van der Waals surface area contributed by atoms with Gasteiger partial charge in [0.05, 0.1) is 39.4 Å². The Balaban J connectivity index is 2.10. The molecule has 0 aliphatic heterocycles. The van der Waals surface area contributed by atoms with E-state index in [-0.39, 0.29) is 48.2 Å². The monoisotopic (exact) mass is 571 g/mol. The number of esters is 1. The summed E-state index contributed by atoms with van der Waals surface area (Å²) in [6, 6.07) is 12.4. The second-order valence-corrected chi connectivity index (χ2v) is 10.7. The lowest BCUT2D eigenvalue weighted by molar-refractivity contribution is -0.137. The number of methoxy groups -OCH3 is 1. The van der Waals surface area contributed by atoms with Crippen molar-refractivity contribution in [1.82, 2.24) is 3.97 Å². The zero-order valence-corrected chi connectivity index (χ0v) is 21.5. The van der Waals surface area contributed by atoms with Crippen LogP contribution in [-0.4, -0.2) is 30.6 Å². The molecule has 0 fully saturated rings. The number of aliphatic hydroxyl groups is 1. The molecule has 0 saturated heterocycles. The number of carbonyl (C=O) groups excluding carboxylic acids is 1. The first-order valence-corrected chi connectivity index (χ1v) is 12.8. The highest BCUT2D eigenvalue weighted by molar-refractivity contribution is 7.90. The molecule has 0 saturated carbocycles. The minimum atomic E-state index is -4.76. The third-order valence-electron chi connectivity index (χ3n) is 5.80. The van der Waals surface area contributed by atoms with Crippen molar-refractivity contribution < 1.29 is 36.2 Å². The normalized spacial score (nSPS) is 13.1. The van der Waals surface area contributed by atoms with Crippen LogP contribution >= 0.6 is 23.2 Å². The van der Waals surface area contributed by atoms with Crippen LogP contribution in [0.5, 0.6) is 0 Å². The Bertz CT molecular complexity index is 1630. The van der Waals surface area contributed by atoms with E-state index < -0.39 is 33.8 Å². The van der Waals surface area contributed by atoms with Gasteiger partial charge in [0.25, 0.3) is 10.0 Å². The summed E-state index contributed by atoms with van der Waals surface area (Å²) in [5, 5.41) is 11.2. The summed E-state index contributed by atoms with van der Waals surface area (Å²) < 4.78 is 73.8. The first-order valence-electron chi connectivity index (χ1n) is 10.6. The van der Waals surface area contributed by atoms with Crippen molar-refractivity contribution in [2.45, 2.75) is 24.1 Å². The van der Waals surface area contributed by atoms with Gasteiger partial charge in [0.15, 0.2) is 0 Å². The van der Waals surface area contributed by atoms with Crippen LogP contribution in [0.3, 0.4) is 0 Å². The fraction of sp³-hybridized carbons (Fsp3) is 0.160. The van der Waals surface area contributed by atoms with E-state index in [0.29, 0.717) is 10.0 Å². The molecule has 1 aromatic heterocycles. The first kappa shape index (κ1) is 27.0. The number of rotatable bonds is 5. The summed E-state index contributed by atoms with van der Waals surface area (Å²) in [5.41, 5.74) is -1.93. The number of hydrogen-bond acceptors (Lipinski definition) is 5. The van der Waals surface area contributed by atoms with Crippen molar-refractivity contribution in [2.75, 3.05) is 7.11 Å². The third-order valence-corrected chi connectivity index (χ3v) is 8.30. The van der Waals surface area contributed by atoms with Crippen molar-refractivity contribution in [1.29, 1.82) is 0 Å². The van der Waals surface area contributed by atoms with E-state index in [1.807, 2.05) is 0 Å². The second kappa shape index (κ2) is 9.68. The Kier molecular flexibility index (Phi) is 7.06. The van der Waals surface area contributed by atoms with E-state index in [4.69, 9.17) is 23.2 Å². The molecule has 37 heavy (non-hydrogen) atoms. The lowest BCUT2D eigenvalue weighted by Crippen LogP contribution is -2.19. The maximum atomic E-state index is 13.8. The topological polar surface area (TPSA) is 85.6 Å². The third kappa shape index (κ3) is 4.70. The van der Waals surface area contributed by atoms with Gasteiger partial charge < -0.3 is 9.84 Å². The van der Waals surface area contributed by atoms with Crippen molar-refractivity contribution in [3.05, 3.63) is 98.7 Å². The number of nitrogens with zero attached hydrogens (tertiary/aromatic N) is 1. The van der Waals surface area contributed by atoms with Crippen LogP contribution in [0.15, 0.2) is 65.6 Å². The molecule has 1 heterocycles. The first-order chi connectivity index (χ1) is 17.3. The summed E-state index contributed by atoms with van der Waals surface area (Å²) in [6.45, 7) is 1.39. The standard InChI is InChI=1S/C25H18Cl2F3NO5S/c1-13-10-14(25(28,29)30)11-19-17(13)12-20(31(19)37(34,35)15-6-4-3-5-7-15)23(32)21-18(26)9-8-16(22(21)27)24(33)36-2/h3-12,23,32H,1-2H3. The van der Waals surface area contributed by atoms with Gasteiger partial charge in [-0.3, -0.25) is 0 Å². The van der Waals surface area contributed by atoms with Crippen molar-refractivity contribution in [3.63, 3.8) is 0 Å². The number of fused-ring (bicyclic) bond motifs is 1. The smallest absolute Gasteiger partial charge is 0.416 e. The molecule has 0 aliphatic rings. The molecule has 4 rings (SSSR count). The summed E-state index contributed by atoms with van der Waals surface area (Å²) in [6.07, 6.45) is -6.62. The number of benzene rings is 3. The van der Waals surface area contributed by atoms with Gasteiger partial charge in [0, 0.05) is 16.0 Å². The van der Waals surface area contributed by atoms with Gasteiger partial charge in [-0.1, -0.05) is 41.4 Å². The summed E-state index contributed by atoms with van der Waals surface area (Å²) in [4.78, 5) is 11.9. The second-order valence-electron chi connectivity index (χ2n) is 8.09. The summed E-state index contributed by atoms with van der Waals surface area (Å²) in [5.74, 6) is -0.835. The molecule has 0 spiro atoms. The van der Waals surface area contributed by atoms with Gasteiger partial charge in [0.2, 0.25) is 0 Å². The van der Waals surface area contributed by atoms with E-state index in [1.54, 1.807) is 6.07 Å². The predicted octanol–water partition coefficient (Wildman–Crippen LogP) is 6.38. The van der Waals surface area contributed by atoms with Gasteiger partial charge in [-0.25, -0.2) is 17.2 Å². The van der Waals surface area contributed by atoms with E-state index in [0.717, 1.165) is 13.2 Å². The van der Waals surface area contributed by atoms with Crippen LogP contribution in [0.4, 0.5) is 13.2 Å². The summed E-state index contributed by atoms with van der Waals surface area (Å²) in [7, 11) is -3.41. The van der Waals surface area contributed by atoms with Gasteiger partial charge in [-0.05, 0) is 55.0 Å². The number of halogens is 5. The highest BCUT2D eigenvalue weighted by atomic mass is 35.5. The summed E-state index contributed by atoms with van der Waals surface area (Å²) >= 11 is 12.7. The molecule has 0 bridgehead atoms. The average molecular weight is 572 g/mol. The average Bonchev–Trinajstić information content (AvgIpc) is 3.25. The Hall–Kier alpha value is -3.05. The van der Waals surface area contributed by atoms with Crippen molar-refractivity contribution >= 4 is 50.1 Å². The lowest BCUT2D eigenvalue weighted by Gasteiger charge is -2.19. The quantitative estimate of drug-likeness (QED) is 0.281. The van der Waals surface area contributed by atoms with E-state index in [2.05, 4.69) is 4.74 Å². The van der Waals surface area contributed by atoms with Crippen molar-refractivity contribution in [2.24, 2.45) is 0 Å². The number of aryl methyl sites for hydroxylation is 1. The Morgan fingerprint density at radius 3 is 2.30 bits per heavy atom. The Labute approximate surface area is 219 Å². The Morgan fingerprint density at radius 1 is 1.05 bits per heavy atom. The number of aliphatic hydroxyl groups excluding tert-OH is 1. The maximum absolute atomic E-state index is 13.8. The highest BCUT2D eigenvalue weighted by Gasteiger charge is 2.35. The van der Waals surface area contributed by atoms with E-state index in [1.165, 1.54) is 49.4 Å². The van der Waals surface area contributed by atoms with Crippen LogP contribution in [0.25, 0.3) is 10.9 Å². The molecule has 3 aromatic carbocycles. The van der Waals surface area contributed by atoms with Crippen LogP contribution in [-0.2, 0) is 20.9 Å². The molecule has 4 aromatic rings. The molecule has 0 amide bonds. The largest absolute Gasteiger partial charge is 0.465 e. The fourth-order valence-electron chi connectivity index (χ4n) is 4.04. The van der Waals surface area contributed by atoms with Crippen molar-refractivity contribution in [3.8, 4) is 0 Å². The highest BCUT2D eigenvalue weighted by Crippen LogP contribution is 2.41. The van der Waals surface area contributed by atoms with Crippen LogP contribution in [0, 0.1) is 6.92 Å². The van der Waals surface area contributed by atoms with Gasteiger partial charge in [-0.15, -0.1) is 0 Å². The number of hydrogen-bond donors (Lipinski definition) is 1. The van der Waals surface area contributed by atoms with Crippen LogP contribution in [0.1, 0.15) is 38.8 Å². The number of ether oxygens (including phenoxy) is 1. The molecule has 0 radical (unpaired) electrons. The van der Waals surface area contributed by atoms with E-state index >= 15 is 0 Å². The molecule has 1 atom stereocenters. The predicted molar refractivity (Wildman–Crippen MR) is 133 cm³/mol. The molecular weight excluding hydrogens is 554 g/mol. The molecule has 6 nitrogen and oxygen atoms in total. The number of carbonyl (C=O) groups is 1. The minimum absolute atomic E-state index is 0.105. The molecule has 0 aliphatic carbocycles. The van der Waals surface area contributed by atoms with Gasteiger partial charge >= 0.3 is 12.1 Å². The number of alkyl halides is 3. The minimum Gasteiger partial charge on any atom is -0.465 e. The fourth-order valence-corrected chi connectivity index (χ4v) is 6.24. The van der Waals surface area contributed by atoms with Crippen LogP contribution in [0.2, 0.25) is 10.0 Å². The van der Waals surface area contributed by atoms with Crippen LogP contribution < -0.4 is 0 Å². The van der Waals surface area contributed by atoms with E-state index in [9.17, 15) is 31.5 Å². The SMILES string of the molecule is COC(=O)c1ccc(Cl)c(C(O)c2cc3c(C)cc(C(F)(F)F)cc3n2S(=O)(=O)c2ccccc2)c1Cl. The molecule has 1 N–H and O–H groups in total.